The Kier molecular flexibility index (Phi) is 6.49. The maximum atomic E-state index is 12.9. The molecule has 0 saturated heterocycles. The quantitative estimate of drug-likeness (QED) is 0.413. The van der Waals surface area contributed by atoms with E-state index in [0.29, 0.717) is 56.6 Å². The molecule has 2 aromatic carbocycles. The number of benzene rings is 2. The second-order valence-electron chi connectivity index (χ2n) is 6.64. The highest BCUT2D eigenvalue weighted by atomic mass is 79.9. The summed E-state index contributed by atoms with van der Waals surface area (Å²) in [6.45, 7) is 0. The number of carbonyl (C=O) groups is 3. The van der Waals surface area contributed by atoms with Gasteiger partial charge in [0, 0.05) is 11.1 Å². The van der Waals surface area contributed by atoms with E-state index >= 15 is 0 Å². The lowest BCUT2D eigenvalue weighted by molar-refractivity contribution is -0.112. The van der Waals surface area contributed by atoms with Crippen molar-refractivity contribution in [1.82, 2.24) is 0 Å². The second kappa shape index (κ2) is 8.88. The molecule has 148 valence electrons. The van der Waals surface area contributed by atoms with Crippen LogP contribution in [0, 0.1) is 0 Å². The number of hydrogen-bond acceptors (Lipinski definition) is 5. The summed E-state index contributed by atoms with van der Waals surface area (Å²) in [6, 6.07) is 6.35. The Hall–Kier alpha value is -2.51. The molecule has 2 aromatic rings. The Balaban J connectivity index is 1.97. The number of carbonyl (C=O) groups excluding carboxylic acids is 3. The summed E-state index contributed by atoms with van der Waals surface area (Å²) in [6.07, 6.45) is 6.54. The van der Waals surface area contributed by atoms with Crippen LogP contribution >= 0.6 is 31.9 Å². The van der Waals surface area contributed by atoms with Gasteiger partial charge < -0.3 is 10.2 Å². The van der Waals surface area contributed by atoms with Gasteiger partial charge in [0.05, 0.1) is 20.1 Å². The van der Waals surface area contributed by atoms with Gasteiger partial charge in [0.15, 0.2) is 18.4 Å². The molecule has 1 aliphatic rings. The minimum atomic E-state index is -0.137. The summed E-state index contributed by atoms with van der Waals surface area (Å²) in [5, 5.41) is 19.7. The zero-order chi connectivity index (χ0) is 21.1. The fourth-order valence-electron chi connectivity index (χ4n) is 3.21. The molecule has 0 spiro atoms. The Morgan fingerprint density at radius 2 is 1.17 bits per heavy atom. The van der Waals surface area contributed by atoms with Crippen molar-refractivity contribution in [3.63, 3.8) is 0 Å². The number of phenolic OH excluding ortho intramolecular Hbond substituents is 2. The van der Waals surface area contributed by atoms with Crippen molar-refractivity contribution in [3.05, 3.63) is 66.6 Å². The third kappa shape index (κ3) is 4.57. The first kappa shape index (κ1) is 21.2. The highest BCUT2D eigenvalue weighted by molar-refractivity contribution is 9.10. The molecule has 0 aromatic heterocycles. The standard InChI is InChI=1S/C22H16Br2O5/c23-18-8-12(6-16(10-25)21(18)28)4-14-2-1-3-15(20(14)27)5-13-7-17(11-26)22(29)19(24)9-13/h4-11,28-29H,1-3H2/b14-4+,15-5+. The van der Waals surface area contributed by atoms with Gasteiger partial charge in [0.1, 0.15) is 11.5 Å². The van der Waals surface area contributed by atoms with Crippen LogP contribution < -0.4 is 0 Å². The van der Waals surface area contributed by atoms with E-state index in [0.717, 1.165) is 6.42 Å². The van der Waals surface area contributed by atoms with Gasteiger partial charge in [-0.05, 0) is 98.7 Å². The average molecular weight is 520 g/mol. The van der Waals surface area contributed by atoms with Crippen LogP contribution in [0.5, 0.6) is 11.5 Å². The maximum Gasteiger partial charge on any atom is 0.185 e. The van der Waals surface area contributed by atoms with E-state index in [1.54, 1.807) is 24.3 Å². The number of allylic oxidation sites excluding steroid dienone is 2. The summed E-state index contributed by atoms with van der Waals surface area (Å²) in [5.41, 5.74) is 2.76. The second-order valence-corrected chi connectivity index (χ2v) is 8.35. The molecule has 2 N–H and O–H groups in total. The lowest BCUT2D eigenvalue weighted by Crippen LogP contribution is -2.12. The predicted molar refractivity (Wildman–Crippen MR) is 117 cm³/mol. The molecule has 0 radical (unpaired) electrons. The van der Waals surface area contributed by atoms with Crippen molar-refractivity contribution in [2.75, 3.05) is 0 Å². The number of phenols is 2. The first-order chi connectivity index (χ1) is 13.8. The van der Waals surface area contributed by atoms with Crippen molar-refractivity contribution in [2.24, 2.45) is 0 Å². The zero-order valence-corrected chi connectivity index (χ0v) is 18.3. The average Bonchev–Trinajstić information content (AvgIpc) is 2.70. The smallest absolute Gasteiger partial charge is 0.185 e. The van der Waals surface area contributed by atoms with E-state index in [1.807, 2.05) is 0 Å². The van der Waals surface area contributed by atoms with Crippen LogP contribution in [0.4, 0.5) is 0 Å². The first-order valence-corrected chi connectivity index (χ1v) is 10.3. The van der Waals surface area contributed by atoms with Crippen LogP contribution in [0.3, 0.4) is 0 Å². The molecule has 7 heteroatoms. The van der Waals surface area contributed by atoms with Crippen LogP contribution in [-0.2, 0) is 4.79 Å². The van der Waals surface area contributed by atoms with Crippen LogP contribution in [-0.4, -0.2) is 28.6 Å². The van der Waals surface area contributed by atoms with Gasteiger partial charge in [-0.1, -0.05) is 0 Å². The van der Waals surface area contributed by atoms with Crippen LogP contribution in [0.1, 0.15) is 51.1 Å². The molecular weight excluding hydrogens is 504 g/mol. The van der Waals surface area contributed by atoms with Crippen molar-refractivity contribution in [3.8, 4) is 11.5 Å². The molecule has 3 rings (SSSR count). The van der Waals surface area contributed by atoms with Gasteiger partial charge in [0.25, 0.3) is 0 Å². The Morgan fingerprint density at radius 1 is 0.759 bits per heavy atom. The molecule has 1 saturated carbocycles. The van der Waals surface area contributed by atoms with Crippen molar-refractivity contribution < 1.29 is 24.6 Å². The molecular formula is C22H16Br2O5. The molecule has 1 fully saturated rings. The molecule has 29 heavy (non-hydrogen) atoms. The Labute approximate surface area is 184 Å². The number of halogens is 2. The number of hydrogen-bond donors (Lipinski definition) is 2. The first-order valence-electron chi connectivity index (χ1n) is 8.75. The van der Waals surface area contributed by atoms with Gasteiger partial charge in [-0.2, -0.15) is 0 Å². The van der Waals surface area contributed by atoms with Crippen LogP contribution in [0.15, 0.2) is 44.4 Å². The zero-order valence-electron chi connectivity index (χ0n) is 15.1. The highest BCUT2D eigenvalue weighted by Crippen LogP contribution is 2.33. The molecule has 0 heterocycles. The number of Topliss-reactive ketones (excluding diaryl/α,β-unsaturated/α-hetero) is 1. The van der Waals surface area contributed by atoms with Gasteiger partial charge in [0.2, 0.25) is 0 Å². The summed E-state index contributed by atoms with van der Waals surface area (Å²) in [5.74, 6) is -0.381. The Morgan fingerprint density at radius 3 is 1.55 bits per heavy atom. The third-order valence-corrected chi connectivity index (χ3v) is 5.85. The van der Waals surface area contributed by atoms with E-state index in [4.69, 9.17) is 0 Å². The summed E-state index contributed by atoms with van der Waals surface area (Å²) >= 11 is 6.42. The van der Waals surface area contributed by atoms with E-state index in [2.05, 4.69) is 31.9 Å². The SMILES string of the molecule is O=Cc1cc(/C=C2\CCC/C(=C\c3cc(Br)c(O)c(C=O)c3)C2=O)cc(Br)c1O. The van der Waals surface area contributed by atoms with E-state index in [9.17, 15) is 24.6 Å². The minimum absolute atomic E-state index is 0.107. The summed E-state index contributed by atoms with van der Waals surface area (Å²) < 4.78 is 0.756. The topological polar surface area (TPSA) is 91.7 Å². The fourth-order valence-corrected chi connectivity index (χ4v) is 4.20. The third-order valence-electron chi connectivity index (χ3n) is 4.64. The number of aldehydes is 2. The van der Waals surface area contributed by atoms with Gasteiger partial charge in [-0.25, -0.2) is 0 Å². The molecule has 0 bridgehead atoms. The summed E-state index contributed by atoms with van der Waals surface area (Å²) in [7, 11) is 0. The molecule has 0 unspecified atom stereocenters. The van der Waals surface area contributed by atoms with E-state index in [1.165, 1.54) is 12.1 Å². The number of aromatic hydroxyl groups is 2. The van der Waals surface area contributed by atoms with Gasteiger partial charge >= 0.3 is 0 Å². The van der Waals surface area contributed by atoms with Crippen LogP contribution in [0.2, 0.25) is 0 Å². The van der Waals surface area contributed by atoms with Gasteiger partial charge in [-0.15, -0.1) is 0 Å². The highest BCUT2D eigenvalue weighted by Gasteiger charge is 2.21. The molecule has 0 amide bonds. The van der Waals surface area contributed by atoms with Crippen LogP contribution in [0.25, 0.3) is 12.2 Å². The maximum absolute atomic E-state index is 12.9. The summed E-state index contributed by atoms with van der Waals surface area (Å²) in [4.78, 5) is 35.2. The van der Waals surface area contributed by atoms with E-state index < -0.39 is 0 Å². The number of rotatable bonds is 4. The normalized spacial score (nSPS) is 17.0. The lowest BCUT2D eigenvalue weighted by atomic mass is 9.86. The molecule has 1 aliphatic carbocycles. The Bertz CT molecular complexity index is 1000. The molecule has 0 atom stereocenters. The molecule has 5 nitrogen and oxygen atoms in total. The number of ketones is 1. The van der Waals surface area contributed by atoms with Crippen molar-refractivity contribution in [2.45, 2.75) is 19.3 Å². The largest absolute Gasteiger partial charge is 0.506 e. The predicted octanol–water partition coefficient (Wildman–Crippen LogP) is 5.47. The fraction of sp³-hybridized carbons (Fsp3) is 0.136. The minimum Gasteiger partial charge on any atom is -0.506 e. The van der Waals surface area contributed by atoms with Crippen molar-refractivity contribution >= 4 is 62.4 Å². The van der Waals surface area contributed by atoms with Gasteiger partial charge in [-0.3, -0.25) is 14.4 Å². The van der Waals surface area contributed by atoms with Crippen molar-refractivity contribution in [1.29, 1.82) is 0 Å². The van der Waals surface area contributed by atoms with E-state index in [-0.39, 0.29) is 28.4 Å². The monoisotopic (exact) mass is 518 g/mol. The lowest BCUT2D eigenvalue weighted by Gasteiger charge is -2.17. The molecule has 0 aliphatic heterocycles.